The first-order valence-electron chi connectivity index (χ1n) is 14.3. The molecular weight excluding hydrogens is 709 g/mol. The zero-order valence-corrected chi connectivity index (χ0v) is 28.1. The second kappa shape index (κ2) is 14.8. The number of nitriles is 1. The van der Waals surface area contributed by atoms with Crippen LogP contribution in [0.1, 0.15) is 11.4 Å². The number of hydrogen-bond donors (Lipinski definition) is 3. The molecule has 11 nitrogen and oxygen atoms in total. The molecule has 0 saturated heterocycles. The molecule has 4 aromatic carbocycles. The van der Waals surface area contributed by atoms with Crippen molar-refractivity contribution in [1.82, 2.24) is 19.6 Å². The molecule has 0 bridgehead atoms. The lowest BCUT2D eigenvalue weighted by Gasteiger charge is -2.16. The van der Waals surface area contributed by atoms with Gasteiger partial charge in [0, 0.05) is 21.3 Å². The number of phenolic OH excluding ortho intramolecular Hbond substituents is 1. The molecule has 0 atom stereocenters. The fourth-order valence-corrected chi connectivity index (χ4v) is 5.84. The van der Waals surface area contributed by atoms with Gasteiger partial charge in [-0.05, 0) is 66.7 Å². The predicted octanol–water partition coefficient (Wildman–Crippen LogP) is 7.58. The molecular formula is C34H22Cl3N7O4S. The van der Waals surface area contributed by atoms with Crippen LogP contribution in [-0.2, 0) is 11.4 Å². The van der Waals surface area contributed by atoms with Crippen LogP contribution in [0.5, 0.6) is 11.5 Å². The first-order chi connectivity index (χ1) is 23.7. The van der Waals surface area contributed by atoms with Crippen LogP contribution in [0.25, 0.3) is 22.2 Å². The smallest absolute Gasteiger partial charge is 0.280 e. The summed E-state index contributed by atoms with van der Waals surface area (Å²) in [5, 5.41) is 24.6. The summed E-state index contributed by atoms with van der Waals surface area (Å²) in [7, 11) is 0. The van der Waals surface area contributed by atoms with Gasteiger partial charge in [-0.25, -0.2) is 15.0 Å². The van der Waals surface area contributed by atoms with Crippen molar-refractivity contribution < 1.29 is 14.6 Å². The minimum absolute atomic E-state index is 0.0714. The van der Waals surface area contributed by atoms with Crippen molar-refractivity contribution in [2.45, 2.75) is 11.8 Å². The largest absolute Gasteiger partial charge is 0.508 e. The van der Waals surface area contributed by atoms with Gasteiger partial charge in [-0.2, -0.15) is 9.94 Å². The Hall–Kier alpha value is -5.32. The number of fused-ring (bicyclic) bond motifs is 1. The number of thioether (sulfide) groups is 1. The Labute approximate surface area is 298 Å². The summed E-state index contributed by atoms with van der Waals surface area (Å²) in [6.07, 6.45) is 0. The van der Waals surface area contributed by atoms with Crippen molar-refractivity contribution in [3.8, 4) is 28.8 Å². The van der Waals surface area contributed by atoms with Crippen molar-refractivity contribution in [3.63, 3.8) is 0 Å². The number of carbonyl (C=O) groups excluding carboxylic acids is 1. The fraction of sp³-hybridized carbons (Fsp3) is 0.0588. The Morgan fingerprint density at radius 1 is 0.939 bits per heavy atom. The number of anilines is 2. The average molecular weight is 731 g/mol. The molecule has 0 spiro atoms. The van der Waals surface area contributed by atoms with Gasteiger partial charge in [0.25, 0.3) is 5.56 Å². The minimum atomic E-state index is -0.566. The topological polar surface area (TPSA) is 155 Å². The molecule has 0 aliphatic carbocycles. The third kappa shape index (κ3) is 7.88. The second-order valence-corrected chi connectivity index (χ2v) is 12.5. The summed E-state index contributed by atoms with van der Waals surface area (Å²) in [4.78, 5) is 40.6. The van der Waals surface area contributed by atoms with E-state index in [1.54, 1.807) is 72.8 Å². The van der Waals surface area contributed by atoms with Gasteiger partial charge in [-0.1, -0.05) is 70.8 Å². The van der Waals surface area contributed by atoms with E-state index >= 15 is 0 Å². The van der Waals surface area contributed by atoms with Gasteiger partial charge < -0.3 is 15.2 Å². The lowest BCUT2D eigenvalue weighted by Crippen LogP contribution is -2.37. The number of amides is 1. The number of aromatic nitrogens is 4. The number of ether oxygens (including phenoxy) is 1. The summed E-state index contributed by atoms with van der Waals surface area (Å²) >= 11 is 19.4. The second-order valence-electron chi connectivity index (χ2n) is 10.2. The van der Waals surface area contributed by atoms with E-state index in [4.69, 9.17) is 39.5 Å². The third-order valence-electron chi connectivity index (χ3n) is 6.91. The van der Waals surface area contributed by atoms with Crippen LogP contribution in [0.4, 0.5) is 11.5 Å². The van der Waals surface area contributed by atoms with E-state index in [2.05, 4.69) is 31.8 Å². The molecule has 49 heavy (non-hydrogen) atoms. The van der Waals surface area contributed by atoms with E-state index in [9.17, 15) is 20.0 Å². The number of phenols is 1. The number of rotatable bonds is 10. The maximum absolute atomic E-state index is 13.5. The van der Waals surface area contributed by atoms with Crippen LogP contribution in [0.3, 0.4) is 0 Å². The van der Waals surface area contributed by atoms with Gasteiger partial charge in [-0.15, -0.1) is 0 Å². The van der Waals surface area contributed by atoms with E-state index < -0.39 is 11.5 Å². The summed E-state index contributed by atoms with van der Waals surface area (Å²) in [6.45, 7) is -0.204. The van der Waals surface area contributed by atoms with E-state index in [1.165, 1.54) is 18.2 Å². The van der Waals surface area contributed by atoms with Crippen LogP contribution in [0, 0.1) is 11.3 Å². The molecule has 0 saturated carbocycles. The Kier molecular flexibility index (Phi) is 10.2. The summed E-state index contributed by atoms with van der Waals surface area (Å²) < 4.78 is 6.87. The number of halogens is 3. The quantitative estimate of drug-likeness (QED) is 0.0730. The zero-order valence-electron chi connectivity index (χ0n) is 25.0. The molecule has 15 heteroatoms. The molecule has 2 heterocycles. The lowest BCUT2D eigenvalue weighted by molar-refractivity contribution is -0.114. The maximum atomic E-state index is 13.5. The van der Waals surface area contributed by atoms with Crippen molar-refractivity contribution >= 4 is 74.9 Å². The molecule has 6 rings (SSSR count). The number of nitrogens with one attached hydrogen (secondary N) is 2. The van der Waals surface area contributed by atoms with Crippen LogP contribution >= 0.6 is 46.6 Å². The highest BCUT2D eigenvalue weighted by molar-refractivity contribution is 7.99. The molecule has 244 valence electrons. The molecule has 0 unspecified atom stereocenters. The maximum Gasteiger partial charge on any atom is 0.280 e. The summed E-state index contributed by atoms with van der Waals surface area (Å²) in [5.41, 5.74) is 4.16. The lowest BCUT2D eigenvalue weighted by atomic mass is 10.1. The number of nitrogens with zero attached hydrogens (tertiary/aromatic N) is 5. The van der Waals surface area contributed by atoms with Crippen molar-refractivity contribution in [3.05, 3.63) is 128 Å². The number of benzene rings is 4. The summed E-state index contributed by atoms with van der Waals surface area (Å²) in [6, 6.07) is 26.6. The van der Waals surface area contributed by atoms with Crippen LogP contribution in [-0.4, -0.2) is 36.4 Å². The number of para-hydroxylation sites is 1. The Morgan fingerprint density at radius 2 is 1.67 bits per heavy atom. The highest BCUT2D eigenvalue weighted by Gasteiger charge is 2.19. The highest BCUT2D eigenvalue weighted by atomic mass is 35.5. The number of hydrogen-bond acceptors (Lipinski definition) is 10. The molecule has 0 aliphatic heterocycles. The van der Waals surface area contributed by atoms with Gasteiger partial charge >= 0.3 is 0 Å². The molecule has 0 aliphatic rings. The van der Waals surface area contributed by atoms with Crippen LogP contribution in [0.2, 0.25) is 15.1 Å². The standard InChI is InChI=1S/C34H22Cl3N7O4S/c35-20-7-5-19(6-8-20)31-25(16-38)32(39-22-10-12-23(45)13-11-22)42-34(41-31)49-18-30(46)43-44-29(17-48-28-14-9-21(36)15-26(28)37)40-27-4-2-1-3-24(27)33(44)47/h1-15,45H,17-18H2,(H,43,46)(H,39,41,42). The summed E-state index contributed by atoms with van der Waals surface area (Å²) in [5.74, 6) is -0.0914. The van der Waals surface area contributed by atoms with Gasteiger partial charge in [0.15, 0.2) is 16.8 Å². The van der Waals surface area contributed by atoms with E-state index in [0.29, 0.717) is 38.3 Å². The molecule has 3 N–H and O–H groups in total. The first kappa shape index (κ1) is 33.6. The van der Waals surface area contributed by atoms with Crippen LogP contribution < -0.4 is 21.0 Å². The monoisotopic (exact) mass is 729 g/mol. The zero-order chi connectivity index (χ0) is 34.5. The van der Waals surface area contributed by atoms with E-state index in [1.807, 2.05) is 0 Å². The number of carbonyl (C=O) groups is 1. The number of aromatic hydroxyl groups is 1. The molecule has 6 aromatic rings. The first-order valence-corrected chi connectivity index (χ1v) is 16.5. The third-order valence-corrected chi connectivity index (χ3v) is 8.54. The fourth-order valence-electron chi connectivity index (χ4n) is 4.61. The van der Waals surface area contributed by atoms with Crippen molar-refractivity contribution in [2.75, 3.05) is 16.5 Å². The minimum Gasteiger partial charge on any atom is -0.508 e. The molecule has 0 radical (unpaired) electrons. The molecule has 2 aromatic heterocycles. The van der Waals surface area contributed by atoms with Gasteiger partial charge in [0.2, 0.25) is 5.91 Å². The normalized spacial score (nSPS) is 10.8. The van der Waals surface area contributed by atoms with Gasteiger partial charge in [0.1, 0.15) is 29.7 Å². The Balaban J connectivity index is 1.28. The van der Waals surface area contributed by atoms with Gasteiger partial charge in [-0.3, -0.25) is 15.0 Å². The van der Waals surface area contributed by atoms with Crippen molar-refractivity contribution in [1.29, 1.82) is 5.26 Å². The SMILES string of the molecule is N#Cc1c(Nc2ccc(O)cc2)nc(SCC(=O)Nn2c(COc3ccc(Cl)cc3Cl)nc3ccccc3c2=O)nc1-c1ccc(Cl)cc1. The Morgan fingerprint density at radius 3 is 2.41 bits per heavy atom. The van der Waals surface area contributed by atoms with Gasteiger partial charge in [0.05, 0.1) is 27.4 Å². The average Bonchev–Trinajstić information content (AvgIpc) is 3.09. The molecule has 0 fully saturated rings. The molecule has 1 amide bonds. The predicted molar refractivity (Wildman–Crippen MR) is 190 cm³/mol. The highest BCUT2D eigenvalue weighted by Crippen LogP contribution is 2.32. The Bertz CT molecular complexity index is 2300. The van der Waals surface area contributed by atoms with E-state index in [-0.39, 0.29) is 50.9 Å². The van der Waals surface area contributed by atoms with Crippen molar-refractivity contribution in [2.24, 2.45) is 0 Å². The van der Waals surface area contributed by atoms with E-state index in [0.717, 1.165) is 16.4 Å². The van der Waals surface area contributed by atoms with Crippen LogP contribution in [0.15, 0.2) is 101 Å².